The molecule has 0 aromatic heterocycles. The van der Waals surface area contributed by atoms with Gasteiger partial charge >= 0.3 is 11.9 Å². The van der Waals surface area contributed by atoms with Gasteiger partial charge < -0.3 is 18.9 Å². The van der Waals surface area contributed by atoms with Gasteiger partial charge in [-0.1, -0.05) is 58.1 Å². The number of nitrogens with one attached hydrogen (secondary N) is 1. The summed E-state index contributed by atoms with van der Waals surface area (Å²) in [5.41, 5.74) is 9.14. The minimum Gasteiger partial charge on any atom is -0.454 e. The van der Waals surface area contributed by atoms with Crippen molar-refractivity contribution in [3.8, 4) is 0 Å². The first-order valence-electron chi connectivity index (χ1n) is 8.50. The van der Waals surface area contributed by atoms with Crippen LogP contribution in [0.15, 0.2) is 35.4 Å². The van der Waals surface area contributed by atoms with Gasteiger partial charge in [-0.15, -0.1) is 0 Å². The van der Waals surface area contributed by atoms with E-state index in [2.05, 4.69) is 10.0 Å². The van der Waals surface area contributed by atoms with Crippen LogP contribution in [-0.4, -0.2) is 52.3 Å². The number of esters is 2. The van der Waals surface area contributed by atoms with Crippen LogP contribution in [-0.2, 0) is 23.7 Å². The molecule has 1 saturated heterocycles. The first-order chi connectivity index (χ1) is 14.0. The molecule has 1 aliphatic heterocycles. The molecule has 1 aromatic rings. The zero-order chi connectivity index (χ0) is 22.5. The van der Waals surface area contributed by atoms with Crippen molar-refractivity contribution in [3.05, 3.63) is 46.3 Å². The van der Waals surface area contributed by atoms with E-state index in [9.17, 15) is 9.59 Å². The third-order valence-corrected chi connectivity index (χ3v) is 4.50. The Labute approximate surface area is 186 Å². The Morgan fingerprint density at radius 2 is 1.80 bits per heavy atom. The maximum atomic E-state index is 12.6. The first-order valence-corrected chi connectivity index (χ1v) is 9.63. The second-order valence-corrected chi connectivity index (χ2v) is 8.44. The van der Waals surface area contributed by atoms with Crippen LogP contribution < -0.4 is 0 Å². The molecule has 1 heterocycles. The van der Waals surface area contributed by atoms with E-state index < -0.39 is 52.3 Å². The number of azide groups is 1. The molecule has 1 fully saturated rings. The lowest BCUT2D eigenvalue weighted by molar-refractivity contribution is -0.251. The number of rotatable bonds is 5. The Bertz CT molecular complexity index is 844. The average molecular weight is 480 g/mol. The van der Waals surface area contributed by atoms with Crippen molar-refractivity contribution in [2.75, 3.05) is 0 Å². The summed E-state index contributed by atoms with van der Waals surface area (Å²) in [5.74, 6) is -2.34. The van der Waals surface area contributed by atoms with E-state index >= 15 is 0 Å². The first kappa shape index (κ1) is 24.0. The Morgan fingerprint density at radius 3 is 2.33 bits per heavy atom. The molecular weight excluding hydrogens is 463 g/mol. The van der Waals surface area contributed by atoms with Crippen LogP contribution in [0.4, 0.5) is 0 Å². The van der Waals surface area contributed by atoms with Gasteiger partial charge in [0.15, 0.2) is 6.10 Å². The fourth-order valence-electron chi connectivity index (χ4n) is 2.70. The van der Waals surface area contributed by atoms with Crippen molar-refractivity contribution in [1.82, 2.24) is 0 Å². The summed E-state index contributed by atoms with van der Waals surface area (Å²) >= 11 is 16.9. The molecule has 0 amide bonds. The molecule has 1 aromatic carbocycles. The maximum absolute atomic E-state index is 12.6. The predicted molar refractivity (Wildman–Crippen MR) is 108 cm³/mol. The summed E-state index contributed by atoms with van der Waals surface area (Å²) in [5, 5.41) is 11.4. The number of hydrogen-bond acceptors (Lipinski definition) is 8. The second-order valence-electron chi connectivity index (χ2n) is 6.16. The molecule has 0 radical (unpaired) electrons. The largest absolute Gasteiger partial charge is 0.454 e. The van der Waals surface area contributed by atoms with Gasteiger partial charge in [0, 0.05) is 11.8 Å². The number of carbonyl (C=O) groups excluding carboxylic acids is 2. The highest BCUT2D eigenvalue weighted by Crippen LogP contribution is 2.33. The Kier molecular flexibility index (Phi) is 8.17. The molecule has 30 heavy (non-hydrogen) atoms. The van der Waals surface area contributed by atoms with Gasteiger partial charge in [-0.3, -0.25) is 10.2 Å². The minimum atomic E-state index is -2.22. The molecule has 0 saturated carbocycles. The molecule has 10 nitrogen and oxygen atoms in total. The molecule has 1 N–H and O–H groups in total. The maximum Gasteiger partial charge on any atom is 0.338 e. The van der Waals surface area contributed by atoms with Crippen LogP contribution in [0.25, 0.3) is 10.4 Å². The topological polar surface area (TPSA) is 144 Å². The summed E-state index contributed by atoms with van der Waals surface area (Å²) < 4.78 is 19.3. The fraction of sp³-hybridized carbons (Fsp3) is 0.471. The summed E-state index contributed by atoms with van der Waals surface area (Å²) in [6.45, 7) is 2.62. The monoisotopic (exact) mass is 478 g/mol. The molecule has 1 unspecified atom stereocenters. The molecule has 0 spiro atoms. The molecule has 162 valence electrons. The Morgan fingerprint density at radius 1 is 1.17 bits per heavy atom. The van der Waals surface area contributed by atoms with E-state index in [-0.39, 0.29) is 5.56 Å². The number of nitrogens with zero attached hydrogens (tertiary/aromatic N) is 3. The number of carbonyl (C=O) groups is 2. The van der Waals surface area contributed by atoms with Crippen LogP contribution >= 0.6 is 34.8 Å². The van der Waals surface area contributed by atoms with E-state index in [4.69, 9.17) is 64.7 Å². The molecule has 1 aliphatic rings. The smallest absolute Gasteiger partial charge is 0.338 e. The van der Waals surface area contributed by atoms with Crippen molar-refractivity contribution in [3.63, 3.8) is 0 Å². The van der Waals surface area contributed by atoms with Gasteiger partial charge in [0.2, 0.25) is 18.3 Å². The lowest BCUT2D eigenvalue weighted by Gasteiger charge is -2.42. The van der Waals surface area contributed by atoms with Crippen molar-refractivity contribution in [2.24, 2.45) is 5.11 Å². The highest BCUT2D eigenvalue weighted by molar-refractivity contribution is 6.76. The van der Waals surface area contributed by atoms with E-state index in [1.807, 2.05) is 0 Å². The van der Waals surface area contributed by atoms with Crippen LogP contribution in [0.2, 0.25) is 0 Å². The number of halogens is 3. The minimum absolute atomic E-state index is 0.212. The van der Waals surface area contributed by atoms with Gasteiger partial charge in [-0.25, -0.2) is 4.79 Å². The highest BCUT2D eigenvalue weighted by atomic mass is 35.6. The van der Waals surface area contributed by atoms with Gasteiger partial charge in [-0.2, -0.15) is 0 Å². The Hall–Kier alpha value is -2.23. The van der Waals surface area contributed by atoms with E-state index in [0.717, 1.165) is 6.92 Å². The molecule has 0 bridgehead atoms. The number of benzene rings is 1. The van der Waals surface area contributed by atoms with Gasteiger partial charge in [0.1, 0.15) is 6.04 Å². The number of alkyl halides is 3. The van der Waals surface area contributed by atoms with Crippen molar-refractivity contribution < 1.29 is 28.5 Å². The normalized spacial score (nSPS) is 26.1. The zero-order valence-electron chi connectivity index (χ0n) is 15.7. The molecular formula is C17H17Cl3N4O6. The van der Waals surface area contributed by atoms with E-state index in [1.54, 1.807) is 18.2 Å². The summed E-state index contributed by atoms with van der Waals surface area (Å²) in [6, 6.07) is 6.93. The second kappa shape index (κ2) is 10.2. The van der Waals surface area contributed by atoms with Crippen LogP contribution in [0.5, 0.6) is 0 Å². The Balaban J connectivity index is 2.40. The van der Waals surface area contributed by atoms with E-state index in [1.165, 1.54) is 19.1 Å². The lowest BCUT2D eigenvalue weighted by Crippen LogP contribution is -2.60. The predicted octanol–water partition coefficient (Wildman–Crippen LogP) is 3.93. The third kappa shape index (κ3) is 6.13. The van der Waals surface area contributed by atoms with Crippen LogP contribution in [0.1, 0.15) is 24.2 Å². The SMILES string of the molecule is CC(=O)O[C@H]1C(OC(=N)C(Cl)(Cl)Cl)O[C@H](C)[C@@H](N=[N+]=[N-])[C@@H]1OC(=O)c1ccccc1. The molecule has 2 rings (SSSR count). The number of hydrogen-bond donors (Lipinski definition) is 1. The van der Waals surface area contributed by atoms with Crippen molar-refractivity contribution >= 4 is 52.6 Å². The van der Waals surface area contributed by atoms with Gasteiger partial charge in [0.25, 0.3) is 3.79 Å². The van der Waals surface area contributed by atoms with Crippen LogP contribution in [0.3, 0.4) is 0 Å². The summed E-state index contributed by atoms with van der Waals surface area (Å²) in [7, 11) is 0. The summed E-state index contributed by atoms with van der Waals surface area (Å²) in [6.07, 6.45) is -5.08. The van der Waals surface area contributed by atoms with E-state index in [0.29, 0.717) is 0 Å². The molecule has 13 heteroatoms. The van der Waals surface area contributed by atoms with Crippen LogP contribution in [0, 0.1) is 5.41 Å². The quantitative estimate of drug-likeness (QED) is 0.129. The summed E-state index contributed by atoms with van der Waals surface area (Å²) in [4.78, 5) is 27.0. The number of ether oxygens (including phenoxy) is 4. The third-order valence-electron chi connectivity index (χ3n) is 3.99. The highest BCUT2D eigenvalue weighted by Gasteiger charge is 2.51. The van der Waals surface area contributed by atoms with Gasteiger partial charge in [0.05, 0.1) is 11.7 Å². The fourth-order valence-corrected chi connectivity index (χ4v) is 2.83. The molecule has 5 atom stereocenters. The van der Waals surface area contributed by atoms with Crippen molar-refractivity contribution in [1.29, 1.82) is 5.41 Å². The van der Waals surface area contributed by atoms with Crippen molar-refractivity contribution in [2.45, 2.75) is 48.3 Å². The standard InChI is InChI=1S/C17H17Cl3N4O6/c1-8-11(23-24-22)12(29-14(26)10-6-4-3-5-7-10)13(28-9(2)25)15(27-8)30-16(21)17(18,19)20/h3-8,11-13,15,21H,1-2H3/t8-,11-,12+,13-,15?/m1/s1. The zero-order valence-corrected chi connectivity index (χ0v) is 18.0. The average Bonchev–Trinajstić information content (AvgIpc) is 2.67. The molecule has 0 aliphatic carbocycles. The lowest BCUT2D eigenvalue weighted by atomic mass is 9.97. The van der Waals surface area contributed by atoms with Gasteiger partial charge in [-0.05, 0) is 24.6 Å².